The highest BCUT2D eigenvalue weighted by Crippen LogP contribution is 2.11. The molecular weight excluding hydrogens is 180 g/mol. The Bertz CT molecular complexity index is 105. The van der Waals surface area contributed by atoms with Gasteiger partial charge in [0.1, 0.15) is 0 Å². The van der Waals surface area contributed by atoms with Crippen LogP contribution in [0.25, 0.3) is 0 Å². The average molecular weight is 208 g/mol. The summed E-state index contributed by atoms with van der Waals surface area (Å²) in [6, 6.07) is 0. The van der Waals surface area contributed by atoms with E-state index < -0.39 is 0 Å². The molecule has 0 saturated heterocycles. The molecule has 0 aliphatic heterocycles. The molecule has 0 rings (SSSR count). The van der Waals surface area contributed by atoms with Gasteiger partial charge >= 0.3 is 0 Å². The largest absolute Gasteiger partial charge is 0.103 e. The maximum atomic E-state index is 3.74. The predicted octanol–water partition coefficient (Wildman–Crippen LogP) is 5.56. The summed E-state index contributed by atoms with van der Waals surface area (Å²) in [6.07, 6.45) is 17.5. The molecule has 0 atom stereocenters. The van der Waals surface area contributed by atoms with E-state index in [2.05, 4.69) is 13.5 Å². The van der Waals surface area contributed by atoms with E-state index in [1.165, 1.54) is 70.6 Å². The third-order valence-corrected chi connectivity index (χ3v) is 2.76. The van der Waals surface area contributed by atoms with Crippen molar-refractivity contribution in [3.05, 3.63) is 20.1 Å². The molecule has 0 heterocycles. The second-order valence-corrected chi connectivity index (χ2v) is 4.26. The molecule has 0 spiro atoms. The van der Waals surface area contributed by atoms with Gasteiger partial charge in [0.05, 0.1) is 0 Å². The molecule has 0 bridgehead atoms. The Morgan fingerprint density at radius 1 is 0.733 bits per heavy atom. The lowest BCUT2D eigenvalue weighted by Gasteiger charge is -2.00. The number of allylic oxidation sites excluding steroid dienone is 1. The molecule has 0 nitrogen and oxygen atoms in total. The minimum Gasteiger partial charge on any atom is -0.103 e. The van der Waals surface area contributed by atoms with Gasteiger partial charge in [0.25, 0.3) is 0 Å². The third-order valence-electron chi connectivity index (χ3n) is 2.76. The van der Waals surface area contributed by atoms with Crippen LogP contribution in [-0.4, -0.2) is 0 Å². The topological polar surface area (TPSA) is 0 Å². The molecule has 0 aromatic carbocycles. The average Bonchev–Trinajstić information content (AvgIpc) is 2.21. The van der Waals surface area contributed by atoms with Gasteiger partial charge in [0.15, 0.2) is 0 Å². The fourth-order valence-corrected chi connectivity index (χ4v) is 1.78. The van der Waals surface area contributed by atoms with E-state index in [4.69, 9.17) is 0 Å². The molecule has 0 aliphatic rings. The Balaban J connectivity index is 0. The molecule has 0 saturated carbocycles. The molecule has 0 unspecified atom stereocenters. The second kappa shape index (κ2) is 16.2. The van der Waals surface area contributed by atoms with Crippen molar-refractivity contribution in [3.8, 4) is 0 Å². The van der Waals surface area contributed by atoms with Gasteiger partial charge < -0.3 is 0 Å². The van der Waals surface area contributed by atoms with Crippen molar-refractivity contribution in [3.63, 3.8) is 0 Å². The Morgan fingerprint density at radius 2 is 1.13 bits per heavy atom. The van der Waals surface area contributed by atoms with E-state index in [1.54, 1.807) is 0 Å². The molecule has 0 amide bonds. The number of hydrogen-bond donors (Lipinski definition) is 0. The first-order valence-corrected chi connectivity index (χ1v) is 6.52. The van der Waals surface area contributed by atoms with Gasteiger partial charge in [-0.1, -0.05) is 70.8 Å². The first-order valence-electron chi connectivity index (χ1n) is 6.52. The predicted molar refractivity (Wildman–Crippen MR) is 69.9 cm³/mol. The van der Waals surface area contributed by atoms with Gasteiger partial charge in [0, 0.05) is 7.43 Å². The number of rotatable bonds is 11. The van der Waals surface area contributed by atoms with Crippen molar-refractivity contribution in [2.75, 3.05) is 0 Å². The zero-order valence-corrected chi connectivity index (χ0v) is 10.6. The van der Waals surface area contributed by atoms with Crippen molar-refractivity contribution in [1.82, 2.24) is 0 Å². The molecule has 4 radical (unpaired) electrons. The van der Waals surface area contributed by atoms with Gasteiger partial charge in [-0.3, -0.25) is 0 Å². The Morgan fingerprint density at radius 3 is 1.53 bits per heavy atom. The fraction of sp³-hybridized carbons (Fsp3) is 0.800. The van der Waals surface area contributed by atoms with E-state index in [-0.39, 0.29) is 7.43 Å². The zero-order chi connectivity index (χ0) is 10.5. The zero-order valence-electron chi connectivity index (χ0n) is 10.6. The molecule has 88 valence electrons. The summed E-state index contributed by atoms with van der Waals surface area (Å²) in [7, 11) is 0. The number of hydrogen-bond acceptors (Lipinski definition) is 0. The van der Waals surface area contributed by atoms with E-state index in [0.717, 1.165) is 0 Å². The molecule has 0 fully saturated rings. The molecule has 15 heavy (non-hydrogen) atoms. The van der Waals surface area contributed by atoms with E-state index >= 15 is 0 Å². The smallest absolute Gasteiger partial charge is 0 e. The summed E-state index contributed by atoms with van der Waals surface area (Å²) in [4.78, 5) is 0. The standard InChI is InChI=1S/C14H28.C/c1-3-5-7-9-11-13-14-12-10-8-6-4-2;/h3H,1,4-14H2,2H3;. The van der Waals surface area contributed by atoms with Crippen LogP contribution in [-0.2, 0) is 0 Å². The van der Waals surface area contributed by atoms with Gasteiger partial charge in [-0.05, 0) is 12.8 Å². The summed E-state index contributed by atoms with van der Waals surface area (Å²) in [5, 5.41) is 0. The highest BCUT2D eigenvalue weighted by Gasteiger charge is 1.91. The summed E-state index contributed by atoms with van der Waals surface area (Å²) in [5.41, 5.74) is 0. The van der Waals surface area contributed by atoms with Crippen molar-refractivity contribution in [2.24, 2.45) is 0 Å². The molecule has 0 aliphatic carbocycles. The summed E-state index contributed by atoms with van der Waals surface area (Å²) < 4.78 is 0. The van der Waals surface area contributed by atoms with Crippen LogP contribution >= 0.6 is 0 Å². The first-order chi connectivity index (χ1) is 6.91. The number of unbranched alkanes of at least 4 members (excludes halogenated alkanes) is 10. The fourth-order valence-electron chi connectivity index (χ4n) is 1.78. The first kappa shape index (κ1) is 17.1. The highest BCUT2D eigenvalue weighted by atomic mass is 14.0. The second-order valence-electron chi connectivity index (χ2n) is 4.26. The lowest BCUT2D eigenvalue weighted by atomic mass is 10.1. The van der Waals surface area contributed by atoms with Crippen LogP contribution in [0.5, 0.6) is 0 Å². The van der Waals surface area contributed by atoms with Crippen molar-refractivity contribution >= 4 is 0 Å². The summed E-state index contributed by atoms with van der Waals surface area (Å²) in [6.45, 7) is 6.01. The highest BCUT2D eigenvalue weighted by molar-refractivity contribution is 4.65. The lowest BCUT2D eigenvalue weighted by molar-refractivity contribution is 0.558. The third kappa shape index (κ3) is 16.4. The van der Waals surface area contributed by atoms with Crippen LogP contribution in [0.1, 0.15) is 77.6 Å². The van der Waals surface area contributed by atoms with Crippen LogP contribution in [0.3, 0.4) is 0 Å². The monoisotopic (exact) mass is 208 g/mol. The normalized spacial score (nSPS) is 9.67. The maximum Gasteiger partial charge on any atom is 0 e. The molecule has 0 aromatic heterocycles. The van der Waals surface area contributed by atoms with Crippen LogP contribution in [0.2, 0.25) is 0 Å². The van der Waals surface area contributed by atoms with Gasteiger partial charge in [-0.25, -0.2) is 0 Å². The molecule has 0 N–H and O–H groups in total. The van der Waals surface area contributed by atoms with Crippen LogP contribution < -0.4 is 0 Å². The quantitative estimate of drug-likeness (QED) is 0.308. The lowest BCUT2D eigenvalue weighted by Crippen LogP contribution is -1.81. The summed E-state index contributed by atoms with van der Waals surface area (Å²) >= 11 is 0. The van der Waals surface area contributed by atoms with E-state index in [1.807, 2.05) is 6.08 Å². The van der Waals surface area contributed by atoms with Crippen LogP contribution in [0, 0.1) is 7.43 Å². The van der Waals surface area contributed by atoms with Gasteiger partial charge in [0.2, 0.25) is 0 Å². The van der Waals surface area contributed by atoms with Crippen molar-refractivity contribution in [1.29, 1.82) is 0 Å². The Hall–Kier alpha value is -0.260. The van der Waals surface area contributed by atoms with Crippen molar-refractivity contribution < 1.29 is 0 Å². The summed E-state index contributed by atoms with van der Waals surface area (Å²) in [5.74, 6) is 0. The molecule has 0 aromatic rings. The van der Waals surface area contributed by atoms with Gasteiger partial charge in [-0.15, -0.1) is 6.58 Å². The Kier molecular flexibility index (Phi) is 18.5. The minimum atomic E-state index is 0. The Labute approximate surface area is 98.2 Å². The van der Waals surface area contributed by atoms with E-state index in [0.29, 0.717) is 0 Å². The van der Waals surface area contributed by atoms with Crippen LogP contribution in [0.4, 0.5) is 0 Å². The SMILES string of the molecule is C=CCCCCCCCCCCCC.[C]. The molecule has 0 heteroatoms. The van der Waals surface area contributed by atoms with Gasteiger partial charge in [-0.2, -0.15) is 0 Å². The maximum absolute atomic E-state index is 3.74. The minimum absolute atomic E-state index is 0. The van der Waals surface area contributed by atoms with E-state index in [9.17, 15) is 0 Å². The molecular formula is C15H28. The van der Waals surface area contributed by atoms with Crippen LogP contribution in [0.15, 0.2) is 12.7 Å². The van der Waals surface area contributed by atoms with Crippen molar-refractivity contribution in [2.45, 2.75) is 77.6 Å².